The van der Waals surface area contributed by atoms with Gasteiger partial charge in [0.25, 0.3) is 0 Å². The van der Waals surface area contributed by atoms with Crippen molar-refractivity contribution in [1.82, 2.24) is 5.32 Å². The van der Waals surface area contributed by atoms with E-state index in [1.807, 2.05) is 48.5 Å². The van der Waals surface area contributed by atoms with Gasteiger partial charge in [0.1, 0.15) is 0 Å². The first-order chi connectivity index (χ1) is 14.2. The number of hydrogen-bond donors (Lipinski definition) is 2. The van der Waals surface area contributed by atoms with Gasteiger partial charge < -0.3 is 15.2 Å². The topological polar surface area (TPSA) is 58.6 Å². The number of ether oxygens (including phenoxy) is 1. The van der Waals surface area contributed by atoms with E-state index in [9.17, 15) is 9.90 Å². The lowest BCUT2D eigenvalue weighted by Crippen LogP contribution is -2.45. The van der Waals surface area contributed by atoms with E-state index in [1.54, 1.807) is 0 Å². The van der Waals surface area contributed by atoms with Crippen LogP contribution in [-0.4, -0.2) is 30.3 Å². The number of benzene rings is 2. The van der Waals surface area contributed by atoms with Crippen molar-refractivity contribution in [1.29, 1.82) is 0 Å². The molecule has 0 aromatic heterocycles. The third kappa shape index (κ3) is 4.77. The van der Waals surface area contributed by atoms with Crippen molar-refractivity contribution in [3.63, 3.8) is 0 Å². The van der Waals surface area contributed by atoms with Gasteiger partial charge in [-0.15, -0.1) is 0 Å². The molecule has 5 atom stereocenters. The van der Waals surface area contributed by atoms with Gasteiger partial charge in [-0.05, 0) is 35.8 Å². The monoisotopic (exact) mass is 391 g/mol. The minimum atomic E-state index is -0.265. The zero-order chi connectivity index (χ0) is 20.1. The first-order valence-electron chi connectivity index (χ1n) is 10.5. The molecule has 2 aromatic rings. The fourth-order valence-corrected chi connectivity index (χ4v) is 4.78. The molecule has 2 bridgehead atoms. The van der Waals surface area contributed by atoms with Crippen LogP contribution in [0, 0.1) is 23.7 Å². The van der Waals surface area contributed by atoms with E-state index in [4.69, 9.17) is 4.74 Å². The molecule has 0 heterocycles. The summed E-state index contributed by atoms with van der Waals surface area (Å²) in [4.78, 5) is 13.1. The molecule has 152 valence electrons. The predicted molar refractivity (Wildman–Crippen MR) is 113 cm³/mol. The van der Waals surface area contributed by atoms with Crippen LogP contribution in [0.4, 0.5) is 0 Å². The minimum absolute atomic E-state index is 0.0464. The fraction of sp³-hybridized carbons (Fsp3) is 0.400. The van der Waals surface area contributed by atoms with Crippen molar-refractivity contribution in [2.75, 3.05) is 13.2 Å². The molecule has 1 saturated carbocycles. The van der Waals surface area contributed by atoms with Crippen LogP contribution in [0.15, 0.2) is 72.8 Å². The van der Waals surface area contributed by atoms with E-state index in [-0.39, 0.29) is 36.3 Å². The molecule has 1 fully saturated rings. The number of carbonyl (C=O) groups is 1. The van der Waals surface area contributed by atoms with Crippen LogP contribution in [0.1, 0.15) is 17.5 Å². The third-order valence-corrected chi connectivity index (χ3v) is 6.24. The van der Waals surface area contributed by atoms with Crippen LogP contribution in [0.25, 0.3) is 0 Å². The second kappa shape index (κ2) is 9.38. The Morgan fingerprint density at radius 2 is 1.66 bits per heavy atom. The number of aliphatic hydroxyl groups is 1. The number of hydrogen-bond acceptors (Lipinski definition) is 3. The highest BCUT2D eigenvalue weighted by molar-refractivity contribution is 5.80. The van der Waals surface area contributed by atoms with Crippen molar-refractivity contribution in [3.05, 3.63) is 83.9 Å². The van der Waals surface area contributed by atoms with Gasteiger partial charge in [-0.25, -0.2) is 0 Å². The van der Waals surface area contributed by atoms with Crippen molar-refractivity contribution in [2.24, 2.45) is 23.7 Å². The van der Waals surface area contributed by atoms with Crippen LogP contribution in [0.5, 0.6) is 0 Å². The molecule has 0 unspecified atom stereocenters. The lowest BCUT2D eigenvalue weighted by atomic mass is 9.82. The molecule has 0 spiro atoms. The van der Waals surface area contributed by atoms with Gasteiger partial charge in [0.15, 0.2) is 0 Å². The molecule has 4 rings (SSSR count). The van der Waals surface area contributed by atoms with Crippen LogP contribution in [0.3, 0.4) is 0 Å². The summed E-state index contributed by atoms with van der Waals surface area (Å²) < 4.78 is 6.00. The van der Waals surface area contributed by atoms with E-state index in [1.165, 1.54) is 0 Å². The van der Waals surface area contributed by atoms with Crippen LogP contribution >= 0.6 is 0 Å². The summed E-state index contributed by atoms with van der Waals surface area (Å²) in [7, 11) is 0. The average Bonchev–Trinajstić information content (AvgIpc) is 3.36. The smallest absolute Gasteiger partial charge is 0.224 e. The minimum Gasteiger partial charge on any atom is -0.394 e. The average molecular weight is 392 g/mol. The summed E-state index contributed by atoms with van der Waals surface area (Å²) in [6.45, 7) is 1.09. The fourth-order valence-electron chi connectivity index (χ4n) is 4.78. The SMILES string of the molecule is O=C(N[C@H](CO)Cc1ccccc1)[C@@H]1[C@H](COCc2ccccc2)[C@H]2C=C[C@@H]1C2. The molecule has 2 aliphatic rings. The van der Waals surface area contributed by atoms with Crippen LogP contribution in [-0.2, 0) is 22.6 Å². The second-order valence-electron chi connectivity index (χ2n) is 8.22. The Balaban J connectivity index is 1.36. The van der Waals surface area contributed by atoms with Gasteiger partial charge >= 0.3 is 0 Å². The number of rotatable bonds is 9. The van der Waals surface area contributed by atoms with Gasteiger partial charge in [-0.2, -0.15) is 0 Å². The highest BCUT2D eigenvalue weighted by Crippen LogP contribution is 2.48. The molecular weight excluding hydrogens is 362 g/mol. The van der Waals surface area contributed by atoms with E-state index in [0.717, 1.165) is 17.5 Å². The van der Waals surface area contributed by atoms with E-state index in [0.29, 0.717) is 25.6 Å². The normalized spacial score (nSPS) is 25.8. The molecule has 2 aliphatic carbocycles. The maximum atomic E-state index is 13.1. The Morgan fingerprint density at radius 3 is 2.34 bits per heavy atom. The molecule has 1 amide bonds. The summed E-state index contributed by atoms with van der Waals surface area (Å²) in [6, 6.07) is 19.8. The molecule has 29 heavy (non-hydrogen) atoms. The molecule has 4 heteroatoms. The summed E-state index contributed by atoms with van der Waals surface area (Å²) in [5, 5.41) is 12.9. The van der Waals surface area contributed by atoms with E-state index in [2.05, 4.69) is 29.6 Å². The number of carbonyl (C=O) groups excluding carboxylic acids is 1. The second-order valence-corrected chi connectivity index (χ2v) is 8.22. The zero-order valence-electron chi connectivity index (χ0n) is 16.6. The molecule has 0 radical (unpaired) electrons. The largest absolute Gasteiger partial charge is 0.394 e. The van der Waals surface area contributed by atoms with Gasteiger partial charge in [-0.3, -0.25) is 4.79 Å². The quantitative estimate of drug-likeness (QED) is 0.645. The highest BCUT2D eigenvalue weighted by Gasteiger charge is 2.48. The zero-order valence-corrected chi connectivity index (χ0v) is 16.6. The van der Waals surface area contributed by atoms with Crippen molar-refractivity contribution < 1.29 is 14.6 Å². The predicted octanol–water partition coefficient (Wildman–Crippen LogP) is 3.36. The molecular formula is C25H29NO3. The molecule has 2 aromatic carbocycles. The Kier molecular flexibility index (Phi) is 6.43. The Hall–Kier alpha value is -2.43. The summed E-state index contributed by atoms with van der Waals surface area (Å²) in [5.74, 6) is 0.857. The number of amides is 1. The lowest BCUT2D eigenvalue weighted by Gasteiger charge is -2.29. The third-order valence-electron chi connectivity index (χ3n) is 6.24. The first-order valence-corrected chi connectivity index (χ1v) is 10.5. The van der Waals surface area contributed by atoms with Gasteiger partial charge in [-0.1, -0.05) is 72.8 Å². The number of nitrogens with one attached hydrogen (secondary N) is 1. The van der Waals surface area contributed by atoms with E-state index < -0.39 is 0 Å². The first kappa shape index (κ1) is 19.9. The molecule has 0 aliphatic heterocycles. The highest BCUT2D eigenvalue weighted by atomic mass is 16.5. The Bertz CT molecular complexity index is 820. The van der Waals surface area contributed by atoms with Crippen molar-refractivity contribution in [2.45, 2.75) is 25.5 Å². The Morgan fingerprint density at radius 1 is 1.00 bits per heavy atom. The summed E-state index contributed by atoms with van der Waals surface area (Å²) in [5.41, 5.74) is 2.26. The Labute approximate surface area is 172 Å². The summed E-state index contributed by atoms with van der Waals surface area (Å²) >= 11 is 0. The van der Waals surface area contributed by atoms with Crippen LogP contribution in [0.2, 0.25) is 0 Å². The van der Waals surface area contributed by atoms with Crippen molar-refractivity contribution >= 4 is 5.91 Å². The van der Waals surface area contributed by atoms with Gasteiger partial charge in [0, 0.05) is 11.8 Å². The summed E-state index contributed by atoms with van der Waals surface area (Å²) in [6.07, 6.45) is 6.10. The van der Waals surface area contributed by atoms with Gasteiger partial charge in [0.05, 0.1) is 25.9 Å². The van der Waals surface area contributed by atoms with Crippen molar-refractivity contribution in [3.8, 4) is 0 Å². The number of allylic oxidation sites excluding steroid dienone is 2. The van der Waals surface area contributed by atoms with Gasteiger partial charge in [0.2, 0.25) is 5.91 Å². The number of fused-ring (bicyclic) bond motifs is 2. The maximum absolute atomic E-state index is 13.1. The standard InChI is InChI=1S/C25H29NO3/c27-15-22(13-18-7-3-1-4-8-18)26-25(28)24-21-12-11-20(14-21)23(24)17-29-16-19-9-5-2-6-10-19/h1-12,20-24,27H,13-17H2,(H,26,28)/t20-,21+,22-,23+,24-/m0/s1. The maximum Gasteiger partial charge on any atom is 0.224 e. The van der Waals surface area contributed by atoms with Crippen LogP contribution < -0.4 is 5.32 Å². The number of aliphatic hydroxyl groups excluding tert-OH is 1. The molecule has 4 nitrogen and oxygen atoms in total. The lowest BCUT2D eigenvalue weighted by molar-refractivity contribution is -0.129. The molecule has 2 N–H and O–H groups in total. The van der Waals surface area contributed by atoms with E-state index >= 15 is 0 Å². The molecule has 0 saturated heterocycles.